The SMILES string of the molecule is ClCCO[n+]1ccsc1.Fc1c(F)c(F)c([B-](c2c(F)c(F)c(F)c(F)c2F)(c2c(F)c(F)c(F)c(F)c2F)c2c(F)c(F)c(F)c(F)c2F)c(F)c1F. The summed E-state index contributed by atoms with van der Waals surface area (Å²) >= 11 is 6.97. The van der Waals surface area contributed by atoms with Crippen LogP contribution in [0.3, 0.4) is 0 Å². The summed E-state index contributed by atoms with van der Waals surface area (Å²) in [5.41, 5.74) is -12.5. The minimum atomic E-state index is -7.22. The zero-order valence-electron chi connectivity index (χ0n) is 24.9. The van der Waals surface area contributed by atoms with Gasteiger partial charge in [-0.25, -0.2) is 87.8 Å². The number of rotatable bonds is 7. The number of halogens is 21. The molecule has 0 aliphatic heterocycles. The Hall–Kier alpha value is -4.74. The van der Waals surface area contributed by atoms with Crippen molar-refractivity contribution in [3.63, 3.8) is 0 Å². The molecule has 2 nitrogen and oxygen atoms in total. The standard InChI is InChI=1S/C24BF20.C5H7ClNOS/c26-5-1(6(27)14(35)21(42)13(5)34)25(2-7(28)15(36)22(43)16(37)8(2)29,3-9(30)17(38)23(44)18(39)10(3)31)4-11(32)19(40)24(45)20(41)12(4)33;6-1-3-8-7-2-4-9-5-7/h;2,4-5H,1,3H2/q-1;+1. The van der Waals surface area contributed by atoms with E-state index >= 15 is 35.1 Å². The van der Waals surface area contributed by atoms with Gasteiger partial charge in [0, 0.05) is 4.73 Å². The summed E-state index contributed by atoms with van der Waals surface area (Å²) < 4.78 is 296. The quantitative estimate of drug-likeness (QED) is 0.0453. The molecule has 0 amide bonds. The maximum atomic E-state index is 15.4. The minimum absolute atomic E-state index is 0.531. The zero-order valence-corrected chi connectivity index (χ0v) is 26.5. The fourth-order valence-corrected chi connectivity index (χ4v) is 5.89. The van der Waals surface area contributed by atoms with Crippen molar-refractivity contribution in [1.82, 2.24) is 0 Å². The maximum Gasteiger partial charge on any atom is 0.276 e. The highest BCUT2D eigenvalue weighted by molar-refractivity contribution is 7.20. The molecule has 54 heavy (non-hydrogen) atoms. The lowest BCUT2D eigenvalue weighted by atomic mass is 9.12. The molecule has 290 valence electrons. The van der Waals surface area contributed by atoms with Crippen molar-refractivity contribution >= 4 is 50.9 Å². The van der Waals surface area contributed by atoms with E-state index in [1.54, 1.807) is 16.1 Å². The summed E-state index contributed by atoms with van der Waals surface area (Å²) in [6, 6.07) is 0. The summed E-state index contributed by atoms with van der Waals surface area (Å²) in [7, 11) is 0. The van der Waals surface area contributed by atoms with Gasteiger partial charge in [0.05, 0.1) is 11.3 Å². The predicted molar refractivity (Wildman–Crippen MR) is 146 cm³/mol. The van der Waals surface area contributed by atoms with E-state index in [4.69, 9.17) is 16.4 Å². The van der Waals surface area contributed by atoms with Crippen LogP contribution < -0.4 is 31.4 Å². The van der Waals surface area contributed by atoms with E-state index in [1.807, 2.05) is 17.1 Å². The van der Waals surface area contributed by atoms with Crippen molar-refractivity contribution in [1.29, 1.82) is 0 Å². The molecule has 5 rings (SSSR count). The molecule has 1 heterocycles. The van der Waals surface area contributed by atoms with Gasteiger partial charge in [-0.05, 0) is 0 Å². The Labute approximate surface area is 294 Å². The van der Waals surface area contributed by atoms with Gasteiger partial charge in [-0.1, -0.05) is 11.3 Å². The van der Waals surface area contributed by atoms with Crippen molar-refractivity contribution in [3.05, 3.63) is 133 Å². The number of aromatic nitrogens is 1. The molecule has 0 atom stereocenters. The maximum absolute atomic E-state index is 15.4. The number of nitrogens with zero attached hydrogens (tertiary/aromatic N) is 1. The molecule has 0 bridgehead atoms. The van der Waals surface area contributed by atoms with Gasteiger partial charge in [0.1, 0.15) is 52.7 Å². The summed E-state index contributed by atoms with van der Waals surface area (Å²) in [6.07, 6.45) is -5.37. The lowest BCUT2D eigenvalue weighted by molar-refractivity contribution is -0.887. The number of alkyl halides is 1. The molecular formula is C29H7BClF20NOS. The van der Waals surface area contributed by atoms with E-state index in [2.05, 4.69) is 0 Å². The van der Waals surface area contributed by atoms with Crippen molar-refractivity contribution in [3.8, 4) is 0 Å². The topological polar surface area (TPSA) is 13.1 Å². The molecule has 0 N–H and O–H groups in total. The Kier molecular flexibility index (Phi) is 12.1. The van der Waals surface area contributed by atoms with Crippen LogP contribution in [0.25, 0.3) is 0 Å². The molecular weight excluding hydrogens is 837 g/mol. The molecule has 0 unspecified atom stereocenters. The summed E-state index contributed by atoms with van der Waals surface area (Å²) in [5, 5.41) is 1.94. The second-order valence-electron chi connectivity index (χ2n) is 10.2. The van der Waals surface area contributed by atoms with Crippen molar-refractivity contribution in [2.75, 3.05) is 12.5 Å². The van der Waals surface area contributed by atoms with Gasteiger partial charge in [-0.15, -0.1) is 33.5 Å². The van der Waals surface area contributed by atoms with Gasteiger partial charge in [0.25, 0.3) is 5.51 Å². The molecule has 0 radical (unpaired) electrons. The fraction of sp³-hybridized carbons (Fsp3) is 0.0690. The molecule has 4 aromatic carbocycles. The molecule has 0 saturated carbocycles. The van der Waals surface area contributed by atoms with Crippen LogP contribution in [0.5, 0.6) is 0 Å². The van der Waals surface area contributed by atoms with Gasteiger partial charge in [0.2, 0.25) is 6.20 Å². The molecule has 0 saturated heterocycles. The predicted octanol–water partition coefficient (Wildman–Crippen LogP) is 6.55. The Morgan fingerprint density at radius 1 is 0.407 bits per heavy atom. The number of thiazole rings is 1. The number of hydrogen-bond donors (Lipinski definition) is 0. The number of hydrogen-bond acceptors (Lipinski definition) is 2. The second-order valence-corrected chi connectivity index (χ2v) is 11.3. The molecule has 0 spiro atoms. The third-order valence-electron chi connectivity index (χ3n) is 7.48. The molecule has 0 aliphatic carbocycles. The van der Waals surface area contributed by atoms with Gasteiger partial charge >= 0.3 is 0 Å². The molecule has 1 aromatic heterocycles. The average molecular weight is 844 g/mol. The average Bonchev–Trinajstić information content (AvgIpc) is 3.68. The number of benzene rings is 4. The van der Waals surface area contributed by atoms with E-state index in [9.17, 15) is 52.7 Å². The largest absolute Gasteiger partial charge is 0.276 e. The molecule has 25 heteroatoms. The van der Waals surface area contributed by atoms with Gasteiger partial charge in [-0.2, -0.15) is 0 Å². The van der Waals surface area contributed by atoms with Crippen LogP contribution in [0, 0.1) is 116 Å². The monoisotopic (exact) mass is 843 g/mol. The van der Waals surface area contributed by atoms with E-state index in [-0.39, 0.29) is 0 Å². The van der Waals surface area contributed by atoms with Crippen molar-refractivity contribution in [2.45, 2.75) is 0 Å². The van der Waals surface area contributed by atoms with Crippen LogP contribution in [0.1, 0.15) is 0 Å². The van der Waals surface area contributed by atoms with Gasteiger partial charge in [-0.3, -0.25) is 4.84 Å². The van der Waals surface area contributed by atoms with Crippen LogP contribution in [0.4, 0.5) is 87.8 Å². The Morgan fingerprint density at radius 2 is 0.630 bits per heavy atom. The lowest BCUT2D eigenvalue weighted by Gasteiger charge is -2.44. The highest BCUT2D eigenvalue weighted by atomic mass is 35.5. The first-order valence-electron chi connectivity index (χ1n) is 13.5. The zero-order chi connectivity index (χ0) is 40.9. The van der Waals surface area contributed by atoms with Crippen LogP contribution in [0.2, 0.25) is 0 Å². The van der Waals surface area contributed by atoms with E-state index in [0.29, 0.717) is 12.5 Å². The van der Waals surface area contributed by atoms with E-state index in [1.165, 1.54) is 0 Å². The third-order valence-corrected chi connectivity index (χ3v) is 8.24. The summed E-state index contributed by atoms with van der Waals surface area (Å²) in [5.74, 6) is -70.9. The van der Waals surface area contributed by atoms with Crippen LogP contribution in [-0.4, -0.2) is 18.6 Å². The van der Waals surface area contributed by atoms with Gasteiger partial charge in [0.15, 0.2) is 76.4 Å². The highest BCUT2D eigenvalue weighted by Crippen LogP contribution is 2.30. The molecule has 0 aliphatic rings. The summed E-state index contributed by atoms with van der Waals surface area (Å²) in [6.45, 7) is 0.558. The first-order chi connectivity index (χ1) is 25.1. The van der Waals surface area contributed by atoms with Crippen LogP contribution in [0.15, 0.2) is 17.1 Å². The Bertz CT molecular complexity index is 1910. The third kappa shape index (κ3) is 6.35. The highest BCUT2D eigenvalue weighted by Gasteiger charge is 2.52. The second kappa shape index (κ2) is 15.6. The molecule has 0 fully saturated rings. The minimum Gasteiger partial charge on any atom is -0.269 e. The first-order valence-corrected chi connectivity index (χ1v) is 15.0. The van der Waals surface area contributed by atoms with Crippen molar-refractivity contribution < 1.29 is 97.4 Å². The fourth-order valence-electron chi connectivity index (χ4n) is 5.31. The lowest BCUT2D eigenvalue weighted by Crippen LogP contribution is -2.81. The van der Waals surface area contributed by atoms with Crippen LogP contribution >= 0.6 is 22.9 Å². The van der Waals surface area contributed by atoms with E-state index < -0.39 is 144 Å². The van der Waals surface area contributed by atoms with Crippen LogP contribution in [-0.2, 0) is 0 Å². The normalized spacial score (nSPS) is 11.6. The van der Waals surface area contributed by atoms with E-state index in [0.717, 1.165) is 0 Å². The smallest absolute Gasteiger partial charge is 0.269 e. The Morgan fingerprint density at radius 3 is 0.815 bits per heavy atom. The first kappa shape index (κ1) is 42.0. The summed E-state index contributed by atoms with van der Waals surface area (Å²) in [4.78, 5) is 5.09. The van der Waals surface area contributed by atoms with Crippen molar-refractivity contribution in [2.24, 2.45) is 0 Å². The Balaban J connectivity index is 0.000000631. The molecule has 5 aromatic rings. The van der Waals surface area contributed by atoms with Gasteiger partial charge < -0.3 is 0 Å².